The maximum atomic E-state index is 12.7. The molecule has 1 fully saturated rings. The predicted molar refractivity (Wildman–Crippen MR) is 94.6 cm³/mol. The Bertz CT molecular complexity index is 806. The van der Waals surface area contributed by atoms with Crippen molar-refractivity contribution >= 4 is 28.1 Å². The molecular weight excluding hydrogens is 304 g/mol. The number of aromatic amines is 1. The molecular formula is C19H20N2OS. The van der Waals surface area contributed by atoms with Crippen LogP contribution in [0.25, 0.3) is 10.9 Å². The second-order valence-electron chi connectivity index (χ2n) is 6.16. The van der Waals surface area contributed by atoms with Gasteiger partial charge >= 0.3 is 0 Å². The van der Waals surface area contributed by atoms with E-state index < -0.39 is 0 Å². The van der Waals surface area contributed by atoms with Gasteiger partial charge in [-0.25, -0.2) is 0 Å². The zero-order valence-electron chi connectivity index (χ0n) is 13.0. The summed E-state index contributed by atoms with van der Waals surface area (Å²) in [6.07, 6.45) is 5.63. The maximum Gasteiger partial charge on any atom is 0.223 e. The molecule has 4 rings (SSSR count). The third kappa shape index (κ3) is 2.79. The van der Waals surface area contributed by atoms with Gasteiger partial charge in [-0.2, -0.15) is 11.3 Å². The van der Waals surface area contributed by atoms with Gasteiger partial charge in [0.2, 0.25) is 5.91 Å². The Labute approximate surface area is 139 Å². The van der Waals surface area contributed by atoms with Crippen molar-refractivity contribution in [3.63, 3.8) is 0 Å². The zero-order chi connectivity index (χ0) is 15.6. The molecule has 1 saturated heterocycles. The molecule has 3 nitrogen and oxygen atoms in total. The van der Waals surface area contributed by atoms with Crippen molar-refractivity contribution < 1.29 is 4.79 Å². The number of rotatable bonds is 4. The molecule has 1 amide bonds. The van der Waals surface area contributed by atoms with Crippen molar-refractivity contribution in [3.8, 4) is 0 Å². The summed E-state index contributed by atoms with van der Waals surface area (Å²) in [5, 5.41) is 5.51. The van der Waals surface area contributed by atoms with E-state index in [0.717, 1.165) is 31.3 Å². The lowest BCUT2D eigenvalue weighted by Gasteiger charge is -2.24. The summed E-state index contributed by atoms with van der Waals surface area (Å²) in [4.78, 5) is 18.1. The van der Waals surface area contributed by atoms with Crippen LogP contribution in [0, 0.1) is 0 Å². The summed E-state index contributed by atoms with van der Waals surface area (Å²) in [6, 6.07) is 10.7. The third-order valence-electron chi connectivity index (χ3n) is 4.78. The highest BCUT2D eigenvalue weighted by molar-refractivity contribution is 7.08. The summed E-state index contributed by atoms with van der Waals surface area (Å²) < 4.78 is 0. The number of benzene rings is 1. The van der Waals surface area contributed by atoms with Gasteiger partial charge in [-0.05, 0) is 53.3 Å². The highest BCUT2D eigenvalue weighted by Gasteiger charge is 2.29. The molecule has 0 unspecified atom stereocenters. The molecule has 2 aromatic heterocycles. The van der Waals surface area contributed by atoms with Gasteiger partial charge in [0.05, 0.1) is 6.04 Å². The second kappa shape index (κ2) is 6.20. The van der Waals surface area contributed by atoms with Crippen molar-refractivity contribution in [2.75, 3.05) is 6.54 Å². The minimum atomic E-state index is 0.281. The number of aryl methyl sites for hydroxylation is 1. The number of carbonyl (C=O) groups is 1. The van der Waals surface area contributed by atoms with Crippen LogP contribution >= 0.6 is 11.3 Å². The van der Waals surface area contributed by atoms with Crippen molar-refractivity contribution in [2.24, 2.45) is 0 Å². The Morgan fingerprint density at radius 3 is 3.09 bits per heavy atom. The Balaban J connectivity index is 1.45. The van der Waals surface area contributed by atoms with Crippen LogP contribution in [0.3, 0.4) is 0 Å². The quantitative estimate of drug-likeness (QED) is 0.752. The van der Waals surface area contributed by atoms with E-state index in [1.165, 1.54) is 16.5 Å². The molecule has 0 radical (unpaired) electrons. The molecule has 23 heavy (non-hydrogen) atoms. The van der Waals surface area contributed by atoms with Crippen LogP contribution in [-0.4, -0.2) is 22.3 Å². The lowest BCUT2D eigenvalue weighted by atomic mass is 10.1. The Morgan fingerprint density at radius 2 is 2.22 bits per heavy atom. The van der Waals surface area contributed by atoms with Gasteiger partial charge in [0.15, 0.2) is 0 Å². The average Bonchev–Trinajstić information content (AvgIpc) is 3.31. The molecule has 118 valence electrons. The fourth-order valence-corrected chi connectivity index (χ4v) is 4.31. The fraction of sp³-hybridized carbons (Fsp3) is 0.316. The van der Waals surface area contributed by atoms with Crippen LogP contribution in [0.4, 0.5) is 0 Å². The van der Waals surface area contributed by atoms with E-state index in [2.05, 4.69) is 44.9 Å². The highest BCUT2D eigenvalue weighted by atomic mass is 32.1. The minimum absolute atomic E-state index is 0.281. The number of carbonyl (C=O) groups excluding carboxylic acids is 1. The Kier molecular flexibility index (Phi) is 3.92. The second-order valence-corrected chi connectivity index (χ2v) is 6.94. The van der Waals surface area contributed by atoms with Crippen molar-refractivity contribution in [1.29, 1.82) is 0 Å². The number of amides is 1. The largest absolute Gasteiger partial charge is 0.361 e. The first-order valence-corrected chi connectivity index (χ1v) is 9.14. The molecule has 0 saturated carbocycles. The number of thiophene rings is 1. The van der Waals surface area contributed by atoms with Crippen LogP contribution in [0.15, 0.2) is 47.3 Å². The van der Waals surface area contributed by atoms with E-state index in [1.54, 1.807) is 11.3 Å². The monoisotopic (exact) mass is 324 g/mol. The first-order chi connectivity index (χ1) is 11.3. The third-order valence-corrected chi connectivity index (χ3v) is 5.49. The fourth-order valence-electron chi connectivity index (χ4n) is 3.60. The van der Waals surface area contributed by atoms with Crippen LogP contribution < -0.4 is 0 Å². The number of likely N-dealkylation sites (tertiary alicyclic amines) is 1. The Morgan fingerprint density at radius 1 is 1.30 bits per heavy atom. The minimum Gasteiger partial charge on any atom is -0.361 e. The molecule has 0 aliphatic carbocycles. The summed E-state index contributed by atoms with van der Waals surface area (Å²) in [5.41, 5.74) is 3.68. The van der Waals surface area contributed by atoms with E-state index in [-0.39, 0.29) is 11.9 Å². The van der Waals surface area contributed by atoms with E-state index in [0.29, 0.717) is 6.42 Å². The lowest BCUT2D eigenvalue weighted by Crippen LogP contribution is -2.30. The van der Waals surface area contributed by atoms with Gasteiger partial charge in [0.25, 0.3) is 0 Å². The number of aromatic nitrogens is 1. The summed E-state index contributed by atoms with van der Waals surface area (Å²) in [5.74, 6) is 0.281. The van der Waals surface area contributed by atoms with Gasteiger partial charge < -0.3 is 9.88 Å². The van der Waals surface area contributed by atoms with Crippen LogP contribution in [-0.2, 0) is 11.2 Å². The number of para-hydroxylation sites is 1. The molecule has 1 atom stereocenters. The van der Waals surface area contributed by atoms with Gasteiger partial charge in [-0.3, -0.25) is 4.79 Å². The van der Waals surface area contributed by atoms with Gasteiger partial charge in [-0.15, -0.1) is 0 Å². The smallest absolute Gasteiger partial charge is 0.223 e. The topological polar surface area (TPSA) is 36.1 Å². The van der Waals surface area contributed by atoms with Crippen LogP contribution in [0.1, 0.15) is 36.4 Å². The summed E-state index contributed by atoms with van der Waals surface area (Å²) in [7, 11) is 0. The van der Waals surface area contributed by atoms with Gasteiger partial charge in [-0.1, -0.05) is 18.2 Å². The number of nitrogens with zero attached hydrogens (tertiary/aromatic N) is 1. The number of fused-ring (bicyclic) bond motifs is 1. The molecule has 0 spiro atoms. The normalized spacial score (nSPS) is 17.9. The molecule has 0 bridgehead atoms. The standard InChI is InChI=1S/C19H20N2OS/c22-19(21-10-3-6-18(21)15-9-11-23-13-15)8-7-14-12-20-17-5-2-1-4-16(14)17/h1-2,4-5,9,11-13,18,20H,3,6-8,10H2/t18-/m0/s1. The molecule has 1 aliphatic rings. The lowest BCUT2D eigenvalue weighted by molar-refractivity contribution is -0.132. The molecule has 4 heteroatoms. The summed E-state index contributed by atoms with van der Waals surface area (Å²) in [6.45, 7) is 0.896. The van der Waals surface area contributed by atoms with Crippen LogP contribution in [0.2, 0.25) is 0 Å². The van der Waals surface area contributed by atoms with E-state index in [4.69, 9.17) is 0 Å². The molecule has 1 N–H and O–H groups in total. The van der Waals surface area contributed by atoms with Gasteiger partial charge in [0.1, 0.15) is 0 Å². The first-order valence-electron chi connectivity index (χ1n) is 8.19. The molecule has 3 heterocycles. The Hall–Kier alpha value is -2.07. The molecule has 1 aromatic carbocycles. The number of nitrogens with one attached hydrogen (secondary N) is 1. The van der Waals surface area contributed by atoms with Crippen LogP contribution in [0.5, 0.6) is 0 Å². The molecule has 1 aliphatic heterocycles. The van der Waals surface area contributed by atoms with Gasteiger partial charge in [0, 0.05) is 30.1 Å². The zero-order valence-corrected chi connectivity index (χ0v) is 13.8. The average molecular weight is 324 g/mol. The number of hydrogen-bond acceptors (Lipinski definition) is 2. The van der Waals surface area contributed by atoms with E-state index in [9.17, 15) is 4.79 Å². The first kappa shape index (κ1) is 14.5. The van der Waals surface area contributed by atoms with Crippen molar-refractivity contribution in [2.45, 2.75) is 31.7 Å². The SMILES string of the molecule is O=C(CCc1c[nH]c2ccccc12)N1CCC[C@H]1c1ccsc1. The van der Waals surface area contributed by atoms with E-state index >= 15 is 0 Å². The predicted octanol–water partition coefficient (Wildman–Crippen LogP) is 4.53. The van der Waals surface area contributed by atoms with Crippen molar-refractivity contribution in [1.82, 2.24) is 9.88 Å². The number of hydrogen-bond donors (Lipinski definition) is 1. The van der Waals surface area contributed by atoms with E-state index in [1.807, 2.05) is 12.3 Å². The number of H-pyrrole nitrogens is 1. The van der Waals surface area contributed by atoms with Crippen molar-refractivity contribution in [3.05, 3.63) is 58.4 Å². The maximum absolute atomic E-state index is 12.7. The highest BCUT2D eigenvalue weighted by Crippen LogP contribution is 2.33. The summed E-state index contributed by atoms with van der Waals surface area (Å²) >= 11 is 1.71. The molecule has 3 aromatic rings.